The molecular formula is C18H14FNO4. The van der Waals surface area contributed by atoms with Crippen LogP contribution in [0, 0.1) is 17.1 Å². The first-order valence-electron chi connectivity index (χ1n) is 6.87. The maximum Gasteiger partial charge on any atom is 0.206 e. The molecule has 0 amide bonds. The van der Waals surface area contributed by atoms with Gasteiger partial charge in [-0.1, -0.05) is 12.1 Å². The van der Waals surface area contributed by atoms with Crippen LogP contribution in [0.3, 0.4) is 0 Å². The van der Waals surface area contributed by atoms with E-state index in [-0.39, 0.29) is 28.4 Å². The molecule has 0 aliphatic rings. The van der Waals surface area contributed by atoms with Crippen molar-refractivity contribution in [3.05, 3.63) is 58.9 Å². The quantitative estimate of drug-likeness (QED) is 0.517. The molecule has 0 aliphatic carbocycles. The van der Waals surface area contributed by atoms with E-state index < -0.39 is 11.6 Å². The van der Waals surface area contributed by atoms with E-state index in [0.717, 1.165) is 6.07 Å². The number of hydrogen-bond acceptors (Lipinski definition) is 5. The Kier molecular flexibility index (Phi) is 5.17. The molecule has 0 atom stereocenters. The highest BCUT2D eigenvalue weighted by Gasteiger charge is 2.17. The van der Waals surface area contributed by atoms with E-state index in [0.29, 0.717) is 5.56 Å². The van der Waals surface area contributed by atoms with E-state index in [2.05, 4.69) is 0 Å². The van der Waals surface area contributed by atoms with Crippen molar-refractivity contribution in [1.29, 1.82) is 5.26 Å². The Morgan fingerprint density at radius 2 is 1.79 bits per heavy atom. The van der Waals surface area contributed by atoms with Crippen molar-refractivity contribution in [2.75, 3.05) is 14.2 Å². The van der Waals surface area contributed by atoms with E-state index in [4.69, 9.17) is 9.47 Å². The van der Waals surface area contributed by atoms with Gasteiger partial charge in [0.1, 0.15) is 17.5 Å². The molecule has 6 heteroatoms. The second-order valence-corrected chi connectivity index (χ2v) is 4.75. The fraction of sp³-hybridized carbons (Fsp3) is 0.111. The number of aromatic hydroxyl groups is 1. The number of halogens is 1. The van der Waals surface area contributed by atoms with Crippen LogP contribution in [0.4, 0.5) is 4.39 Å². The molecule has 122 valence electrons. The third-order valence-electron chi connectivity index (χ3n) is 3.30. The smallest absolute Gasteiger partial charge is 0.206 e. The van der Waals surface area contributed by atoms with Gasteiger partial charge >= 0.3 is 0 Å². The van der Waals surface area contributed by atoms with E-state index in [1.165, 1.54) is 50.6 Å². The fourth-order valence-electron chi connectivity index (χ4n) is 2.10. The summed E-state index contributed by atoms with van der Waals surface area (Å²) >= 11 is 0. The first-order chi connectivity index (χ1) is 11.5. The van der Waals surface area contributed by atoms with Gasteiger partial charge in [0.2, 0.25) is 11.5 Å². The predicted octanol–water partition coefficient (Wildman–Crippen LogP) is 3.34. The van der Waals surface area contributed by atoms with Gasteiger partial charge in [-0.3, -0.25) is 4.79 Å². The van der Waals surface area contributed by atoms with Crippen molar-refractivity contribution < 1.29 is 23.8 Å². The predicted molar refractivity (Wildman–Crippen MR) is 85.5 cm³/mol. The molecule has 0 fully saturated rings. The Morgan fingerprint density at radius 1 is 1.21 bits per heavy atom. The third-order valence-corrected chi connectivity index (χ3v) is 3.30. The van der Waals surface area contributed by atoms with Gasteiger partial charge in [-0.2, -0.15) is 5.26 Å². The molecule has 0 heterocycles. The number of ketones is 1. The zero-order valence-corrected chi connectivity index (χ0v) is 13.0. The van der Waals surface area contributed by atoms with Crippen LogP contribution in [-0.4, -0.2) is 25.1 Å². The van der Waals surface area contributed by atoms with Crippen LogP contribution in [0.1, 0.15) is 15.9 Å². The largest absolute Gasteiger partial charge is 0.502 e. The highest BCUT2D eigenvalue weighted by atomic mass is 19.1. The number of phenolic OH excluding ortho intramolecular Hbond substituents is 1. The van der Waals surface area contributed by atoms with Crippen LogP contribution in [-0.2, 0) is 0 Å². The standard InChI is InChI=1S/C18H14FNO4/c1-23-15-8-11(9-16(24-2)18(15)22)7-12(10-20)17(21)13-5-3-4-6-14(13)19/h3-9,22H,1-2H3/b12-7+. The maximum absolute atomic E-state index is 13.7. The first-order valence-corrected chi connectivity index (χ1v) is 6.87. The van der Waals surface area contributed by atoms with Gasteiger partial charge < -0.3 is 14.6 Å². The Labute approximate surface area is 138 Å². The minimum absolute atomic E-state index is 0.122. The van der Waals surface area contributed by atoms with E-state index in [1.807, 2.05) is 0 Å². The number of carbonyl (C=O) groups is 1. The van der Waals surface area contributed by atoms with E-state index in [1.54, 1.807) is 6.07 Å². The average molecular weight is 327 g/mol. The monoisotopic (exact) mass is 327 g/mol. The number of nitrogens with zero attached hydrogens (tertiary/aromatic N) is 1. The molecule has 0 bridgehead atoms. The summed E-state index contributed by atoms with van der Waals surface area (Å²) in [6.07, 6.45) is 1.28. The molecule has 0 saturated carbocycles. The van der Waals surface area contributed by atoms with Gasteiger partial charge in [-0.25, -0.2) is 4.39 Å². The number of phenols is 1. The molecule has 5 nitrogen and oxygen atoms in total. The SMILES string of the molecule is COc1cc(/C=C(\C#N)C(=O)c2ccccc2F)cc(OC)c1O. The minimum atomic E-state index is -0.735. The van der Waals surface area contributed by atoms with Crippen LogP contribution >= 0.6 is 0 Å². The van der Waals surface area contributed by atoms with Crippen molar-refractivity contribution in [2.45, 2.75) is 0 Å². The summed E-state index contributed by atoms with van der Waals surface area (Å²) in [5.74, 6) is -1.39. The van der Waals surface area contributed by atoms with Gasteiger partial charge in [0.05, 0.1) is 19.8 Å². The summed E-state index contributed by atoms with van der Waals surface area (Å²) in [6.45, 7) is 0. The van der Waals surface area contributed by atoms with Crippen molar-refractivity contribution in [3.63, 3.8) is 0 Å². The third kappa shape index (κ3) is 3.36. The summed E-state index contributed by atoms with van der Waals surface area (Å²) in [4.78, 5) is 12.3. The number of hydrogen-bond donors (Lipinski definition) is 1. The van der Waals surface area contributed by atoms with Gasteiger partial charge in [0.15, 0.2) is 11.5 Å². The number of benzene rings is 2. The van der Waals surface area contributed by atoms with Gasteiger partial charge in [-0.15, -0.1) is 0 Å². The zero-order chi connectivity index (χ0) is 17.7. The van der Waals surface area contributed by atoms with Crippen LogP contribution in [0.25, 0.3) is 6.08 Å². The number of carbonyl (C=O) groups excluding carboxylic acids is 1. The molecule has 1 N–H and O–H groups in total. The molecular weight excluding hydrogens is 313 g/mol. The van der Waals surface area contributed by atoms with Crippen LogP contribution in [0.5, 0.6) is 17.2 Å². The lowest BCUT2D eigenvalue weighted by molar-refractivity contribution is 0.103. The number of Topliss-reactive ketones (excluding diaryl/α,β-unsaturated/α-hetero) is 1. The Bertz CT molecular complexity index is 827. The number of methoxy groups -OCH3 is 2. The molecule has 0 aliphatic heterocycles. The molecule has 0 saturated heterocycles. The molecule has 0 unspecified atom stereocenters. The molecule has 2 aromatic carbocycles. The topological polar surface area (TPSA) is 79.5 Å². The highest BCUT2D eigenvalue weighted by Crippen LogP contribution is 2.37. The van der Waals surface area contributed by atoms with E-state index >= 15 is 0 Å². The summed E-state index contributed by atoms with van der Waals surface area (Å²) in [5, 5.41) is 19.1. The number of nitriles is 1. The summed E-state index contributed by atoms with van der Waals surface area (Å²) < 4.78 is 23.8. The Balaban J connectivity index is 2.50. The molecule has 0 radical (unpaired) electrons. The molecule has 2 rings (SSSR count). The zero-order valence-electron chi connectivity index (χ0n) is 13.0. The highest BCUT2D eigenvalue weighted by molar-refractivity contribution is 6.14. The second-order valence-electron chi connectivity index (χ2n) is 4.75. The van der Waals surface area contributed by atoms with Gasteiger partial charge in [0, 0.05) is 0 Å². The number of ether oxygens (including phenoxy) is 2. The Hall–Kier alpha value is -3.33. The van der Waals surface area contributed by atoms with Crippen LogP contribution < -0.4 is 9.47 Å². The normalized spacial score (nSPS) is 10.8. The second kappa shape index (κ2) is 7.29. The number of allylic oxidation sites excluding steroid dienone is 1. The molecule has 2 aromatic rings. The van der Waals surface area contributed by atoms with E-state index in [9.17, 15) is 19.6 Å². The van der Waals surface area contributed by atoms with Crippen molar-refractivity contribution >= 4 is 11.9 Å². The Morgan fingerprint density at radius 3 is 2.29 bits per heavy atom. The molecule has 24 heavy (non-hydrogen) atoms. The molecule has 0 aromatic heterocycles. The first kappa shape index (κ1) is 17.0. The minimum Gasteiger partial charge on any atom is -0.502 e. The summed E-state index contributed by atoms with van der Waals surface area (Å²) in [5.41, 5.74) is -0.0550. The van der Waals surface area contributed by atoms with Crippen molar-refractivity contribution in [1.82, 2.24) is 0 Å². The fourth-order valence-corrected chi connectivity index (χ4v) is 2.10. The number of rotatable bonds is 5. The van der Waals surface area contributed by atoms with Gasteiger partial charge in [0.25, 0.3) is 0 Å². The lowest BCUT2D eigenvalue weighted by Crippen LogP contribution is -2.04. The average Bonchev–Trinajstić information content (AvgIpc) is 2.60. The summed E-state index contributed by atoms with van der Waals surface area (Å²) in [6, 6.07) is 10.1. The van der Waals surface area contributed by atoms with Crippen LogP contribution in [0.2, 0.25) is 0 Å². The van der Waals surface area contributed by atoms with Crippen molar-refractivity contribution in [3.8, 4) is 23.3 Å². The lowest BCUT2D eigenvalue weighted by Gasteiger charge is -2.09. The van der Waals surface area contributed by atoms with Crippen molar-refractivity contribution in [2.24, 2.45) is 0 Å². The van der Waals surface area contributed by atoms with Gasteiger partial charge in [-0.05, 0) is 35.9 Å². The summed E-state index contributed by atoms with van der Waals surface area (Å²) in [7, 11) is 2.72. The maximum atomic E-state index is 13.7. The van der Waals surface area contributed by atoms with Crippen LogP contribution in [0.15, 0.2) is 42.0 Å². The lowest BCUT2D eigenvalue weighted by atomic mass is 10.0. The molecule has 0 spiro atoms.